The second-order valence-electron chi connectivity index (χ2n) is 9.83. The van der Waals surface area contributed by atoms with E-state index in [-0.39, 0.29) is 11.3 Å². The highest BCUT2D eigenvalue weighted by Gasteiger charge is 2.50. The third-order valence-corrected chi connectivity index (χ3v) is 7.05. The van der Waals surface area contributed by atoms with Crippen LogP contribution in [0.3, 0.4) is 0 Å². The summed E-state index contributed by atoms with van der Waals surface area (Å²) in [5.74, 6) is -1.94. The fourth-order valence-electron chi connectivity index (χ4n) is 4.60. The molecular formula is C26H28O15. The molecule has 222 valence electrons. The Balaban J connectivity index is 1.41. The molecule has 0 saturated carbocycles. The zero-order valence-corrected chi connectivity index (χ0v) is 21.1. The van der Waals surface area contributed by atoms with Gasteiger partial charge >= 0.3 is 0 Å². The van der Waals surface area contributed by atoms with Crippen molar-refractivity contribution in [3.63, 3.8) is 0 Å². The van der Waals surface area contributed by atoms with Crippen molar-refractivity contribution in [1.29, 1.82) is 0 Å². The van der Waals surface area contributed by atoms with E-state index in [0.717, 1.165) is 12.3 Å². The number of aliphatic hydroxyl groups is 6. The lowest BCUT2D eigenvalue weighted by molar-refractivity contribution is -0.289. The van der Waals surface area contributed by atoms with Crippen molar-refractivity contribution in [2.75, 3.05) is 19.8 Å². The number of benzene rings is 2. The fourth-order valence-corrected chi connectivity index (χ4v) is 4.60. The molecule has 8 atom stereocenters. The van der Waals surface area contributed by atoms with E-state index >= 15 is 0 Å². The van der Waals surface area contributed by atoms with Crippen LogP contribution in [0.4, 0.5) is 0 Å². The Morgan fingerprint density at radius 2 is 1.66 bits per heavy atom. The zero-order chi connectivity index (χ0) is 29.6. The first-order chi connectivity index (χ1) is 19.4. The Bertz CT molecular complexity index is 1460. The van der Waals surface area contributed by atoms with Gasteiger partial charge in [0, 0.05) is 6.07 Å². The van der Waals surface area contributed by atoms with Gasteiger partial charge in [0.05, 0.1) is 25.4 Å². The third-order valence-electron chi connectivity index (χ3n) is 7.05. The van der Waals surface area contributed by atoms with Crippen molar-refractivity contribution in [1.82, 2.24) is 0 Å². The Morgan fingerprint density at radius 1 is 0.951 bits per heavy atom. The first-order valence-electron chi connectivity index (χ1n) is 12.4. The largest absolute Gasteiger partial charge is 0.508 e. The summed E-state index contributed by atoms with van der Waals surface area (Å²) in [6.45, 7) is -1.81. The van der Waals surface area contributed by atoms with Gasteiger partial charge in [0.2, 0.25) is 17.5 Å². The predicted molar refractivity (Wildman–Crippen MR) is 134 cm³/mol. The molecule has 1 aromatic heterocycles. The monoisotopic (exact) mass is 580 g/mol. The van der Waals surface area contributed by atoms with Gasteiger partial charge in [-0.2, -0.15) is 0 Å². The smallest absolute Gasteiger partial charge is 0.229 e. The molecule has 0 amide bonds. The molecule has 3 heterocycles. The molecule has 41 heavy (non-hydrogen) atoms. The molecule has 0 bridgehead atoms. The highest BCUT2D eigenvalue weighted by atomic mass is 16.7. The van der Waals surface area contributed by atoms with Gasteiger partial charge in [-0.25, -0.2) is 0 Å². The minimum Gasteiger partial charge on any atom is -0.508 e. The maximum atomic E-state index is 13.3. The average molecular weight is 580 g/mol. The summed E-state index contributed by atoms with van der Waals surface area (Å²) in [6, 6.07) is 6.39. The van der Waals surface area contributed by atoms with Crippen LogP contribution in [-0.2, 0) is 14.2 Å². The molecule has 0 unspecified atom stereocenters. The van der Waals surface area contributed by atoms with Crippen molar-refractivity contribution in [3.05, 3.63) is 46.8 Å². The maximum absolute atomic E-state index is 13.3. The van der Waals surface area contributed by atoms with Crippen LogP contribution < -0.4 is 10.2 Å². The van der Waals surface area contributed by atoms with E-state index in [4.69, 9.17) is 23.4 Å². The number of rotatable bonds is 7. The summed E-state index contributed by atoms with van der Waals surface area (Å²) < 4.78 is 27.2. The third kappa shape index (κ3) is 5.19. The Labute approximate surface area is 230 Å². The van der Waals surface area contributed by atoms with Crippen molar-refractivity contribution >= 4 is 11.0 Å². The van der Waals surface area contributed by atoms with Gasteiger partial charge in [-0.1, -0.05) is 12.1 Å². The molecule has 5 rings (SSSR count). The number of hydrogen-bond acceptors (Lipinski definition) is 15. The molecule has 0 aliphatic carbocycles. The second kappa shape index (κ2) is 11.1. The summed E-state index contributed by atoms with van der Waals surface area (Å²) in [4.78, 5) is 13.3. The van der Waals surface area contributed by atoms with E-state index in [1.54, 1.807) is 0 Å². The average Bonchev–Trinajstić information content (AvgIpc) is 3.24. The number of aliphatic hydroxyl groups excluding tert-OH is 5. The van der Waals surface area contributed by atoms with Crippen LogP contribution >= 0.6 is 0 Å². The number of fused-ring (bicyclic) bond motifs is 1. The van der Waals surface area contributed by atoms with Crippen LogP contribution in [0.25, 0.3) is 22.1 Å². The SMILES string of the molecule is O=c1c(-c2ccc(O)cc2)coc2c(O[C@@H]3O[C@H](CO[C@@H]4OC[C@](O)(CO)[C@H]4O)[C@@H](O)[C@H](O)[C@H]3O)c(O)cc(O)c12. The van der Waals surface area contributed by atoms with Gasteiger partial charge < -0.3 is 69.3 Å². The Morgan fingerprint density at radius 3 is 2.32 bits per heavy atom. The zero-order valence-electron chi connectivity index (χ0n) is 21.1. The number of phenols is 3. The number of aromatic hydroxyl groups is 3. The van der Waals surface area contributed by atoms with E-state index in [2.05, 4.69) is 0 Å². The molecule has 3 aromatic rings. The van der Waals surface area contributed by atoms with Crippen LogP contribution in [0.5, 0.6) is 23.0 Å². The first-order valence-corrected chi connectivity index (χ1v) is 12.4. The molecule has 2 aromatic carbocycles. The van der Waals surface area contributed by atoms with Crippen LogP contribution in [0, 0.1) is 0 Å². The molecule has 2 aliphatic rings. The minimum atomic E-state index is -1.97. The highest BCUT2D eigenvalue weighted by molar-refractivity contribution is 5.93. The lowest BCUT2D eigenvalue weighted by atomic mass is 9.99. The van der Waals surface area contributed by atoms with Gasteiger partial charge in [-0.15, -0.1) is 0 Å². The minimum absolute atomic E-state index is 0.0126. The molecular weight excluding hydrogens is 552 g/mol. The highest BCUT2D eigenvalue weighted by Crippen LogP contribution is 2.41. The van der Waals surface area contributed by atoms with Gasteiger partial charge in [0.25, 0.3) is 0 Å². The summed E-state index contributed by atoms with van der Waals surface area (Å²) >= 11 is 0. The van der Waals surface area contributed by atoms with Crippen LogP contribution in [0.15, 0.2) is 45.8 Å². The van der Waals surface area contributed by atoms with Gasteiger partial charge in [0.15, 0.2) is 17.6 Å². The molecule has 0 spiro atoms. The molecule has 9 N–H and O–H groups in total. The molecule has 2 saturated heterocycles. The summed E-state index contributed by atoms with van der Waals surface area (Å²) in [7, 11) is 0. The van der Waals surface area contributed by atoms with E-state index in [0.29, 0.717) is 5.56 Å². The van der Waals surface area contributed by atoms with E-state index in [9.17, 15) is 50.8 Å². The van der Waals surface area contributed by atoms with Crippen LogP contribution in [0.1, 0.15) is 0 Å². The second-order valence-corrected chi connectivity index (χ2v) is 9.83. The summed E-state index contributed by atoms with van der Waals surface area (Å²) in [6.07, 6.45) is -10.7. The molecule has 0 radical (unpaired) electrons. The van der Waals surface area contributed by atoms with Crippen LogP contribution in [-0.4, -0.2) is 114 Å². The van der Waals surface area contributed by atoms with E-state index in [1.807, 2.05) is 0 Å². The van der Waals surface area contributed by atoms with Crippen molar-refractivity contribution < 1.29 is 69.3 Å². The summed E-state index contributed by atoms with van der Waals surface area (Å²) in [5, 5.41) is 91.0. The number of ether oxygens (including phenoxy) is 4. The normalized spacial score (nSPS) is 31.9. The summed E-state index contributed by atoms with van der Waals surface area (Å²) in [5.41, 5.74) is -2.75. The quantitative estimate of drug-likeness (QED) is 0.150. The standard InChI is InChI=1S/C26H28O15/c27-8-26(36)9-39-25(23(26)35)38-7-15-18(32)19(33)20(34)24(40-15)41-21-14(30)5-13(29)16-17(31)12(6-37-22(16)21)10-1-3-11(28)4-2-10/h1-6,15,18-20,23-25,27-30,32-36H,7-9H2/t15-,18-,19+,20-,23+,24+,25-,26-/m1/s1. The fraction of sp³-hybridized carbons (Fsp3) is 0.423. The first kappa shape index (κ1) is 29.0. The maximum Gasteiger partial charge on any atom is 0.229 e. The molecule has 2 aliphatic heterocycles. The van der Waals surface area contributed by atoms with E-state index < -0.39 is 102 Å². The lowest BCUT2D eigenvalue weighted by Crippen LogP contribution is -2.60. The predicted octanol–water partition coefficient (Wildman–Crippen LogP) is -1.78. The molecule has 15 heteroatoms. The topological polar surface area (TPSA) is 249 Å². The van der Waals surface area contributed by atoms with Crippen molar-refractivity contribution in [2.45, 2.75) is 48.7 Å². The van der Waals surface area contributed by atoms with Gasteiger partial charge in [0.1, 0.15) is 59.3 Å². The van der Waals surface area contributed by atoms with Crippen molar-refractivity contribution in [3.8, 4) is 34.1 Å². The molecule has 2 fully saturated rings. The van der Waals surface area contributed by atoms with Crippen LogP contribution in [0.2, 0.25) is 0 Å². The van der Waals surface area contributed by atoms with Gasteiger partial charge in [-0.3, -0.25) is 4.79 Å². The lowest BCUT2D eigenvalue weighted by Gasteiger charge is -2.40. The van der Waals surface area contributed by atoms with E-state index in [1.165, 1.54) is 24.3 Å². The number of hydrogen-bond donors (Lipinski definition) is 9. The van der Waals surface area contributed by atoms with Crippen molar-refractivity contribution in [2.24, 2.45) is 0 Å². The number of phenolic OH excluding ortho intramolecular Hbond substituents is 3. The molecule has 15 nitrogen and oxygen atoms in total. The Kier molecular flexibility index (Phi) is 7.82. The Hall–Kier alpha value is -3.51. The van der Waals surface area contributed by atoms with Gasteiger partial charge in [-0.05, 0) is 17.7 Å².